The average molecular weight is 457 g/mol. The maximum Gasteiger partial charge on any atom is 0.242 e. The fourth-order valence-corrected chi connectivity index (χ4v) is 5.08. The molecule has 1 aromatic heterocycles. The molecule has 1 unspecified atom stereocenters. The molecule has 0 saturated carbocycles. The molecule has 2 aliphatic rings. The Morgan fingerprint density at radius 3 is 2.45 bits per heavy atom. The number of carbonyl (C=O) groups is 1. The second kappa shape index (κ2) is 12.2. The third kappa shape index (κ3) is 8.75. The molecule has 1 atom stereocenters. The molecule has 2 N–H and O–H groups in total. The van der Waals surface area contributed by atoms with Gasteiger partial charge in [0.25, 0.3) is 0 Å². The van der Waals surface area contributed by atoms with Crippen LogP contribution >= 0.6 is 11.8 Å². The van der Waals surface area contributed by atoms with Crippen molar-refractivity contribution in [1.29, 1.82) is 0 Å². The largest absolute Gasteiger partial charge is 0.381 e. The van der Waals surface area contributed by atoms with Crippen LogP contribution in [0.2, 0.25) is 0 Å². The Balaban J connectivity index is 0.000000412. The SMILES string of the molecule is CCCC(C)(C)c1cc(NC(=O)C(C)(C)SC2CCOCC2)on1.OC1CCCCO1. The van der Waals surface area contributed by atoms with Gasteiger partial charge in [-0.3, -0.25) is 10.1 Å². The van der Waals surface area contributed by atoms with E-state index in [1.807, 2.05) is 19.9 Å². The Hall–Kier alpha value is -1.09. The molecule has 0 bridgehead atoms. The summed E-state index contributed by atoms with van der Waals surface area (Å²) in [5.74, 6) is 0.384. The molecular weight excluding hydrogens is 416 g/mol. The van der Waals surface area contributed by atoms with Gasteiger partial charge in [-0.05, 0) is 52.4 Å². The Morgan fingerprint density at radius 1 is 1.19 bits per heavy atom. The van der Waals surface area contributed by atoms with Crippen LogP contribution in [0.4, 0.5) is 5.88 Å². The van der Waals surface area contributed by atoms with Gasteiger partial charge in [0.1, 0.15) is 0 Å². The maximum atomic E-state index is 12.6. The van der Waals surface area contributed by atoms with Crippen LogP contribution in [0, 0.1) is 0 Å². The number of amides is 1. The van der Waals surface area contributed by atoms with Gasteiger partial charge in [0, 0.05) is 36.6 Å². The normalized spacial score (nSPS) is 20.6. The maximum absolute atomic E-state index is 12.6. The molecule has 8 heteroatoms. The number of nitrogens with zero attached hydrogens (tertiary/aromatic N) is 1. The number of nitrogens with one attached hydrogen (secondary N) is 1. The van der Waals surface area contributed by atoms with E-state index < -0.39 is 11.0 Å². The first-order valence-electron chi connectivity index (χ1n) is 11.5. The highest BCUT2D eigenvalue weighted by molar-refractivity contribution is 8.02. The lowest BCUT2D eigenvalue weighted by Crippen LogP contribution is -2.37. The van der Waals surface area contributed by atoms with Crippen LogP contribution in [0.1, 0.15) is 85.3 Å². The van der Waals surface area contributed by atoms with Gasteiger partial charge in [-0.15, -0.1) is 11.8 Å². The zero-order valence-electron chi connectivity index (χ0n) is 19.7. The van der Waals surface area contributed by atoms with Crippen molar-refractivity contribution < 1.29 is 23.9 Å². The third-order valence-electron chi connectivity index (χ3n) is 5.65. The van der Waals surface area contributed by atoms with E-state index in [2.05, 4.69) is 31.2 Å². The molecular formula is C23H40N2O5S. The minimum Gasteiger partial charge on any atom is -0.381 e. The van der Waals surface area contributed by atoms with Crippen molar-refractivity contribution in [3.8, 4) is 0 Å². The number of aliphatic hydroxyl groups excluding tert-OH is 1. The summed E-state index contributed by atoms with van der Waals surface area (Å²) in [5, 5.41) is 16.2. The molecule has 1 amide bonds. The first-order valence-corrected chi connectivity index (χ1v) is 12.4. The second-order valence-electron chi connectivity index (χ2n) is 9.43. The number of anilines is 1. The van der Waals surface area contributed by atoms with Gasteiger partial charge < -0.3 is 19.1 Å². The van der Waals surface area contributed by atoms with E-state index in [1.54, 1.807) is 11.8 Å². The van der Waals surface area contributed by atoms with Crippen LogP contribution in [0.3, 0.4) is 0 Å². The average Bonchev–Trinajstić information content (AvgIpc) is 3.19. The molecule has 0 aromatic carbocycles. The molecule has 0 radical (unpaired) electrons. The lowest BCUT2D eigenvalue weighted by molar-refractivity contribution is -0.123. The molecule has 0 aliphatic carbocycles. The fraction of sp³-hybridized carbons (Fsp3) is 0.826. The van der Waals surface area contributed by atoms with Gasteiger partial charge in [0.05, 0.1) is 10.4 Å². The van der Waals surface area contributed by atoms with Crippen molar-refractivity contribution in [3.05, 3.63) is 11.8 Å². The number of aromatic nitrogens is 1. The van der Waals surface area contributed by atoms with E-state index in [0.717, 1.165) is 70.5 Å². The summed E-state index contributed by atoms with van der Waals surface area (Å²) < 4.78 is 15.0. The van der Waals surface area contributed by atoms with Crippen LogP contribution in [0.25, 0.3) is 0 Å². The molecule has 3 heterocycles. The number of thioether (sulfide) groups is 1. The van der Waals surface area contributed by atoms with Gasteiger partial charge >= 0.3 is 0 Å². The van der Waals surface area contributed by atoms with Crippen molar-refractivity contribution >= 4 is 23.6 Å². The monoisotopic (exact) mass is 456 g/mol. The Morgan fingerprint density at radius 2 is 1.90 bits per heavy atom. The minimum atomic E-state index is -0.520. The molecule has 2 fully saturated rings. The highest BCUT2D eigenvalue weighted by atomic mass is 32.2. The Labute approximate surface area is 191 Å². The summed E-state index contributed by atoms with van der Waals surface area (Å²) >= 11 is 1.72. The van der Waals surface area contributed by atoms with Crippen molar-refractivity contribution in [2.75, 3.05) is 25.1 Å². The number of ether oxygens (including phenoxy) is 2. The zero-order chi connectivity index (χ0) is 22.9. The number of hydrogen-bond donors (Lipinski definition) is 2. The highest BCUT2D eigenvalue weighted by Crippen LogP contribution is 2.35. The van der Waals surface area contributed by atoms with E-state index in [1.165, 1.54) is 0 Å². The van der Waals surface area contributed by atoms with E-state index >= 15 is 0 Å². The Kier molecular flexibility index (Phi) is 10.3. The number of rotatable bonds is 7. The molecule has 0 spiro atoms. The van der Waals surface area contributed by atoms with Crippen molar-refractivity contribution in [1.82, 2.24) is 5.16 Å². The molecule has 2 aliphatic heterocycles. The summed E-state index contributed by atoms with van der Waals surface area (Å²) in [6, 6.07) is 1.85. The van der Waals surface area contributed by atoms with Gasteiger partial charge in [-0.1, -0.05) is 32.3 Å². The van der Waals surface area contributed by atoms with E-state index in [0.29, 0.717) is 11.1 Å². The molecule has 2 saturated heterocycles. The molecule has 7 nitrogen and oxygen atoms in total. The number of aliphatic hydroxyl groups is 1. The quantitative estimate of drug-likeness (QED) is 0.603. The lowest BCUT2D eigenvalue weighted by Gasteiger charge is -2.30. The standard InChI is InChI=1S/C18H30N2O3S.C5H10O2/c1-6-9-17(2,3)14-12-15(23-20-14)19-16(21)18(4,5)24-13-7-10-22-11-8-13;6-5-3-1-2-4-7-5/h12-13H,6-11H2,1-5H3,(H,19,21);5-6H,1-4H2. The molecule has 1 aromatic rings. The predicted octanol–water partition coefficient (Wildman–Crippen LogP) is 4.89. The van der Waals surface area contributed by atoms with Crippen LogP contribution < -0.4 is 5.32 Å². The zero-order valence-corrected chi connectivity index (χ0v) is 20.6. The van der Waals surface area contributed by atoms with Gasteiger partial charge in [-0.2, -0.15) is 0 Å². The van der Waals surface area contributed by atoms with E-state index in [4.69, 9.17) is 19.1 Å². The highest BCUT2D eigenvalue weighted by Gasteiger charge is 2.33. The second-order valence-corrected chi connectivity index (χ2v) is 11.3. The number of hydrogen-bond acceptors (Lipinski definition) is 7. The predicted molar refractivity (Wildman–Crippen MR) is 124 cm³/mol. The van der Waals surface area contributed by atoms with Crippen molar-refractivity contribution in [3.63, 3.8) is 0 Å². The van der Waals surface area contributed by atoms with Crippen LogP contribution in [0.5, 0.6) is 0 Å². The fourth-order valence-electron chi connectivity index (χ4n) is 3.66. The molecule has 3 rings (SSSR count). The summed E-state index contributed by atoms with van der Waals surface area (Å²) in [6.07, 6.45) is 6.68. The number of carbonyl (C=O) groups excluding carboxylic acids is 1. The first-order chi connectivity index (χ1) is 14.6. The third-order valence-corrected chi connectivity index (χ3v) is 7.23. The minimum absolute atomic E-state index is 0.0463. The lowest BCUT2D eigenvalue weighted by atomic mass is 9.85. The first kappa shape index (κ1) is 26.2. The van der Waals surface area contributed by atoms with Gasteiger partial charge in [0.15, 0.2) is 6.29 Å². The van der Waals surface area contributed by atoms with E-state index in [-0.39, 0.29) is 11.3 Å². The summed E-state index contributed by atoms with van der Waals surface area (Å²) in [6.45, 7) is 12.7. The summed E-state index contributed by atoms with van der Waals surface area (Å²) in [5.41, 5.74) is 0.836. The summed E-state index contributed by atoms with van der Waals surface area (Å²) in [7, 11) is 0. The van der Waals surface area contributed by atoms with E-state index in [9.17, 15) is 4.79 Å². The van der Waals surface area contributed by atoms with Crippen molar-refractivity contribution in [2.24, 2.45) is 0 Å². The van der Waals surface area contributed by atoms with Crippen LogP contribution in [-0.2, 0) is 19.7 Å². The van der Waals surface area contributed by atoms with Crippen molar-refractivity contribution in [2.45, 2.75) is 101 Å². The van der Waals surface area contributed by atoms with Gasteiger partial charge in [-0.25, -0.2) is 0 Å². The van der Waals surface area contributed by atoms with Crippen LogP contribution in [-0.4, -0.2) is 52.3 Å². The topological polar surface area (TPSA) is 93.8 Å². The smallest absolute Gasteiger partial charge is 0.242 e. The summed E-state index contributed by atoms with van der Waals surface area (Å²) in [4.78, 5) is 12.6. The molecule has 178 valence electrons. The molecule has 31 heavy (non-hydrogen) atoms. The van der Waals surface area contributed by atoms with Crippen LogP contribution in [0.15, 0.2) is 10.6 Å². The Bertz CT molecular complexity index is 665. The van der Waals surface area contributed by atoms with Gasteiger partial charge in [0.2, 0.25) is 11.8 Å².